The second-order valence-electron chi connectivity index (χ2n) is 3.40. The molecule has 16 heavy (non-hydrogen) atoms. The van der Waals surface area contributed by atoms with Gasteiger partial charge < -0.3 is 11.5 Å². The highest BCUT2D eigenvalue weighted by Crippen LogP contribution is 2.10. The molecular weight excluding hydrogens is 204 g/mol. The Balaban J connectivity index is 3.37. The molecular formula is C11H16N4O. The number of rotatable bonds is 3. The number of hydrogen-bond donors (Lipinski definition) is 2. The van der Waals surface area contributed by atoms with Crippen LogP contribution < -0.4 is 17.0 Å². The van der Waals surface area contributed by atoms with E-state index in [-0.39, 0.29) is 11.4 Å². The summed E-state index contributed by atoms with van der Waals surface area (Å²) in [5.74, 6) is 0.614. The molecule has 0 amide bonds. The highest BCUT2D eigenvalue weighted by Gasteiger charge is 2.07. The van der Waals surface area contributed by atoms with Crippen LogP contribution in [0.1, 0.15) is 19.4 Å². The first-order valence-corrected chi connectivity index (χ1v) is 4.96. The lowest BCUT2D eigenvalue weighted by molar-refractivity contribution is 0.738. The van der Waals surface area contributed by atoms with E-state index in [1.54, 1.807) is 13.0 Å². The van der Waals surface area contributed by atoms with E-state index in [9.17, 15) is 4.79 Å². The Hall–Kier alpha value is -2.04. The zero-order chi connectivity index (χ0) is 12.3. The standard InChI is InChI=1S/C11H16N4O/c1-4-15-10(16)6-5-9(11(15)13)7(2)14-8(3)12/h5-6H,3-4,12-13H2,1-2H3. The molecule has 0 unspecified atom stereocenters. The first-order valence-electron chi connectivity index (χ1n) is 4.96. The number of aromatic nitrogens is 1. The van der Waals surface area contributed by atoms with Gasteiger partial charge in [0.25, 0.3) is 5.56 Å². The molecule has 86 valence electrons. The molecule has 1 rings (SSSR count). The van der Waals surface area contributed by atoms with Gasteiger partial charge in [-0.1, -0.05) is 6.58 Å². The molecule has 0 spiro atoms. The predicted octanol–water partition coefficient (Wildman–Crippen LogP) is 0.689. The summed E-state index contributed by atoms with van der Waals surface area (Å²) in [4.78, 5) is 15.5. The predicted molar refractivity (Wildman–Crippen MR) is 66.3 cm³/mol. The second kappa shape index (κ2) is 4.65. The summed E-state index contributed by atoms with van der Waals surface area (Å²) < 4.78 is 1.48. The van der Waals surface area contributed by atoms with Crippen molar-refractivity contribution in [1.82, 2.24) is 4.57 Å². The Morgan fingerprint density at radius 3 is 2.69 bits per heavy atom. The summed E-state index contributed by atoms with van der Waals surface area (Å²) in [6, 6.07) is 3.11. The average molecular weight is 220 g/mol. The molecule has 1 aromatic heterocycles. The fourth-order valence-corrected chi connectivity index (χ4v) is 1.50. The molecule has 0 bridgehead atoms. The number of nitrogens with two attached hydrogens (primary N) is 2. The SMILES string of the molecule is C=C(N)N=C(C)c1ccc(=O)n(CC)c1N. The van der Waals surface area contributed by atoms with Gasteiger partial charge in [0.2, 0.25) is 0 Å². The van der Waals surface area contributed by atoms with E-state index in [0.29, 0.717) is 23.6 Å². The summed E-state index contributed by atoms with van der Waals surface area (Å²) in [5.41, 5.74) is 12.5. The largest absolute Gasteiger partial charge is 0.384 e. The van der Waals surface area contributed by atoms with Crippen LogP contribution in [0.15, 0.2) is 34.3 Å². The third-order valence-corrected chi connectivity index (χ3v) is 2.24. The molecule has 0 radical (unpaired) electrons. The number of nitrogen functional groups attached to an aromatic ring is 1. The zero-order valence-corrected chi connectivity index (χ0v) is 9.53. The van der Waals surface area contributed by atoms with Crippen LogP contribution in [-0.4, -0.2) is 10.3 Å². The van der Waals surface area contributed by atoms with Crippen LogP contribution in [0, 0.1) is 0 Å². The second-order valence-corrected chi connectivity index (χ2v) is 3.40. The van der Waals surface area contributed by atoms with E-state index in [2.05, 4.69) is 11.6 Å². The van der Waals surface area contributed by atoms with Crippen LogP contribution in [0.3, 0.4) is 0 Å². The van der Waals surface area contributed by atoms with Gasteiger partial charge in [-0.15, -0.1) is 0 Å². The van der Waals surface area contributed by atoms with E-state index < -0.39 is 0 Å². The third-order valence-electron chi connectivity index (χ3n) is 2.24. The Morgan fingerprint density at radius 1 is 1.56 bits per heavy atom. The van der Waals surface area contributed by atoms with Gasteiger partial charge in [-0.25, -0.2) is 4.99 Å². The number of hydrogen-bond acceptors (Lipinski definition) is 4. The van der Waals surface area contributed by atoms with Gasteiger partial charge in [-0.3, -0.25) is 9.36 Å². The zero-order valence-electron chi connectivity index (χ0n) is 9.53. The molecule has 4 N–H and O–H groups in total. The van der Waals surface area contributed by atoms with Crippen molar-refractivity contribution >= 4 is 11.5 Å². The summed E-state index contributed by atoms with van der Waals surface area (Å²) >= 11 is 0. The van der Waals surface area contributed by atoms with Crippen LogP contribution in [0.4, 0.5) is 5.82 Å². The van der Waals surface area contributed by atoms with E-state index in [1.807, 2.05) is 6.92 Å². The van der Waals surface area contributed by atoms with Gasteiger partial charge >= 0.3 is 0 Å². The molecule has 0 saturated heterocycles. The van der Waals surface area contributed by atoms with E-state index in [0.717, 1.165) is 0 Å². The van der Waals surface area contributed by atoms with E-state index in [4.69, 9.17) is 11.5 Å². The maximum atomic E-state index is 11.5. The smallest absolute Gasteiger partial charge is 0.252 e. The fraction of sp³-hybridized carbons (Fsp3) is 0.273. The van der Waals surface area contributed by atoms with Crippen LogP contribution in [0.5, 0.6) is 0 Å². The van der Waals surface area contributed by atoms with Crippen LogP contribution in [0.25, 0.3) is 0 Å². The number of aliphatic imine (C=N–C) groups is 1. The van der Waals surface area contributed by atoms with Crippen molar-refractivity contribution in [2.45, 2.75) is 20.4 Å². The van der Waals surface area contributed by atoms with Crippen molar-refractivity contribution < 1.29 is 0 Å². The lowest BCUT2D eigenvalue weighted by atomic mass is 10.1. The molecule has 0 atom stereocenters. The maximum absolute atomic E-state index is 11.5. The van der Waals surface area contributed by atoms with Gasteiger partial charge in [0.05, 0.1) is 5.71 Å². The van der Waals surface area contributed by atoms with Crippen LogP contribution in [-0.2, 0) is 6.54 Å². The van der Waals surface area contributed by atoms with Gasteiger partial charge in [0.1, 0.15) is 11.6 Å². The van der Waals surface area contributed by atoms with Crippen LogP contribution in [0.2, 0.25) is 0 Å². The summed E-state index contributed by atoms with van der Waals surface area (Å²) in [6.07, 6.45) is 0. The highest BCUT2D eigenvalue weighted by molar-refractivity contribution is 6.02. The van der Waals surface area contributed by atoms with Gasteiger partial charge in [-0.05, 0) is 19.9 Å². The van der Waals surface area contributed by atoms with Crippen molar-refractivity contribution in [1.29, 1.82) is 0 Å². The molecule has 0 fully saturated rings. The Morgan fingerprint density at radius 2 is 2.19 bits per heavy atom. The molecule has 0 aliphatic heterocycles. The minimum atomic E-state index is -0.122. The summed E-state index contributed by atoms with van der Waals surface area (Å²) in [6.45, 7) is 7.64. The van der Waals surface area contributed by atoms with Crippen LogP contribution >= 0.6 is 0 Å². The van der Waals surface area contributed by atoms with Gasteiger partial charge in [0.15, 0.2) is 0 Å². The third kappa shape index (κ3) is 2.31. The fourth-order valence-electron chi connectivity index (χ4n) is 1.50. The minimum Gasteiger partial charge on any atom is -0.384 e. The van der Waals surface area contributed by atoms with E-state index in [1.165, 1.54) is 10.6 Å². The molecule has 1 heterocycles. The molecule has 0 saturated carbocycles. The topological polar surface area (TPSA) is 86.4 Å². The minimum absolute atomic E-state index is 0.122. The normalized spacial score (nSPS) is 11.5. The summed E-state index contributed by atoms with van der Waals surface area (Å²) in [7, 11) is 0. The number of anilines is 1. The molecule has 0 aliphatic carbocycles. The molecule has 0 aliphatic rings. The van der Waals surface area contributed by atoms with Crippen molar-refractivity contribution in [3.63, 3.8) is 0 Å². The number of pyridine rings is 1. The average Bonchev–Trinajstić information content (AvgIpc) is 2.17. The number of nitrogens with zero attached hydrogens (tertiary/aromatic N) is 2. The molecule has 0 aromatic carbocycles. The monoisotopic (exact) mass is 220 g/mol. The quantitative estimate of drug-likeness (QED) is 0.735. The molecule has 5 nitrogen and oxygen atoms in total. The lowest BCUT2D eigenvalue weighted by Crippen LogP contribution is -2.23. The van der Waals surface area contributed by atoms with Crippen molar-refractivity contribution in [3.8, 4) is 0 Å². The van der Waals surface area contributed by atoms with Crippen molar-refractivity contribution in [2.75, 3.05) is 5.73 Å². The Labute approximate surface area is 94.1 Å². The maximum Gasteiger partial charge on any atom is 0.252 e. The van der Waals surface area contributed by atoms with Gasteiger partial charge in [-0.2, -0.15) is 0 Å². The molecule has 5 heteroatoms. The highest BCUT2D eigenvalue weighted by atomic mass is 16.1. The Kier molecular flexibility index (Phi) is 3.50. The first-order chi connectivity index (χ1) is 7.47. The van der Waals surface area contributed by atoms with Crippen molar-refractivity contribution in [3.05, 3.63) is 40.4 Å². The van der Waals surface area contributed by atoms with Gasteiger partial charge in [0, 0.05) is 18.2 Å². The Bertz CT molecular complexity index is 499. The summed E-state index contributed by atoms with van der Waals surface area (Å²) in [5, 5.41) is 0. The van der Waals surface area contributed by atoms with E-state index >= 15 is 0 Å². The first kappa shape index (κ1) is 12.0. The molecule has 1 aromatic rings. The lowest BCUT2D eigenvalue weighted by Gasteiger charge is -2.11. The van der Waals surface area contributed by atoms with Crippen molar-refractivity contribution in [2.24, 2.45) is 10.7 Å².